The minimum Gasteiger partial charge on any atom is -0.481 e. The first-order valence-electron chi connectivity index (χ1n) is 5.48. The van der Waals surface area contributed by atoms with Crippen molar-refractivity contribution in [3.05, 3.63) is 0 Å². The molecule has 0 spiro atoms. The van der Waals surface area contributed by atoms with Gasteiger partial charge in [0.25, 0.3) is 0 Å². The van der Waals surface area contributed by atoms with Crippen molar-refractivity contribution < 1.29 is 78.6 Å². The van der Waals surface area contributed by atoms with E-state index in [0.717, 1.165) is 0 Å². The quantitative estimate of drug-likeness (QED) is 0.249. The van der Waals surface area contributed by atoms with Gasteiger partial charge in [0.05, 0.1) is 0 Å². The minimum absolute atomic E-state index is 0. The van der Waals surface area contributed by atoms with Crippen LogP contribution in [0.1, 0.15) is 25.7 Å². The summed E-state index contributed by atoms with van der Waals surface area (Å²) < 4.78 is 0. The van der Waals surface area contributed by atoms with Crippen molar-refractivity contribution in [1.29, 1.82) is 0 Å². The van der Waals surface area contributed by atoms with Gasteiger partial charge in [0.2, 0.25) is 0 Å². The van der Waals surface area contributed by atoms with Crippen LogP contribution in [0.15, 0.2) is 0 Å². The molecule has 0 heterocycles. The van der Waals surface area contributed by atoms with Gasteiger partial charge in [-0.2, -0.15) is 0 Å². The predicted molar refractivity (Wildman–Crippen MR) is 65.0 cm³/mol. The second-order valence-corrected chi connectivity index (χ2v) is 3.75. The van der Waals surface area contributed by atoms with Crippen molar-refractivity contribution in [3.63, 3.8) is 0 Å². The summed E-state index contributed by atoms with van der Waals surface area (Å²) >= 11 is 0. The monoisotopic (exact) mass is 422 g/mol. The second kappa shape index (κ2) is 16.4. The third kappa shape index (κ3) is 21.3. The summed E-state index contributed by atoms with van der Waals surface area (Å²) in [6.07, 6.45) is -0.448. The largest absolute Gasteiger partial charge is 0.481 e. The average Bonchev–Trinajstić information content (AvgIpc) is 2.33. The first-order valence-corrected chi connectivity index (χ1v) is 5.48. The number of carboxylic acid groups (broad SMARTS) is 4. The average molecular weight is 425 g/mol. The number of hydrogen-bond acceptors (Lipinski definition) is 6. The van der Waals surface area contributed by atoms with E-state index >= 15 is 0 Å². The topological polar surface area (TPSA) is 201 Å². The predicted octanol–water partition coefficient (Wildman–Crippen LogP) is -1.48. The Labute approximate surface area is 151 Å². The Balaban J connectivity index is -0.000000135. The number of nitrogens with two attached hydrogens (primary N) is 2. The molecule has 10 nitrogen and oxygen atoms in total. The summed E-state index contributed by atoms with van der Waals surface area (Å²) in [5.41, 5.74) is 10.0. The van der Waals surface area contributed by atoms with E-state index in [-0.39, 0.29) is 64.6 Å². The molecule has 2 atom stereocenters. The maximum Gasteiger partial charge on any atom is 0.320 e. The molecule has 0 aliphatic rings. The van der Waals surface area contributed by atoms with Crippen LogP contribution in [0, 0.1) is 0 Å². The molecule has 0 aromatic heterocycles. The zero-order chi connectivity index (χ0) is 16.3. The van der Waals surface area contributed by atoms with E-state index in [1.54, 1.807) is 0 Å². The fraction of sp³-hybridized carbons (Fsp3) is 0.600. The number of carbonyl (C=O) groups is 4. The SMILES string of the molecule is N[C@@H](CCC(=O)O)C(=O)O.N[C@H](CCC(=O)O)C(=O)O.[Zn].[Zn]. The molecule has 0 aromatic carbocycles. The van der Waals surface area contributed by atoms with E-state index in [2.05, 4.69) is 0 Å². The standard InChI is InChI=1S/2C5H9NO4.2Zn/c2*6-3(5(9)10)1-2-4(7)8;;/h2*3H,1-2,6H2,(H,7,8)(H,9,10);;/t2*3-;;/m10../s1. The number of carboxylic acids is 4. The summed E-state index contributed by atoms with van der Waals surface area (Å²) in [4.78, 5) is 39.7. The van der Waals surface area contributed by atoms with E-state index in [4.69, 9.17) is 31.9 Å². The number of hydrogen-bond donors (Lipinski definition) is 6. The first-order chi connectivity index (χ1) is 9.07. The van der Waals surface area contributed by atoms with Crippen LogP contribution in [0.4, 0.5) is 0 Å². The van der Waals surface area contributed by atoms with Gasteiger partial charge in [0.1, 0.15) is 12.1 Å². The van der Waals surface area contributed by atoms with Gasteiger partial charge in [-0.3, -0.25) is 19.2 Å². The third-order valence-corrected chi connectivity index (χ3v) is 1.97. The maximum atomic E-state index is 9.99. The molecular formula is C10H18N2O8Zn2. The molecule has 0 rings (SSSR count). The van der Waals surface area contributed by atoms with Crippen LogP contribution in [-0.2, 0) is 58.1 Å². The zero-order valence-electron chi connectivity index (χ0n) is 12.0. The molecule has 8 N–H and O–H groups in total. The summed E-state index contributed by atoms with van der Waals surface area (Å²) in [7, 11) is 0. The molecule has 0 fully saturated rings. The van der Waals surface area contributed by atoms with Crippen LogP contribution in [0.3, 0.4) is 0 Å². The van der Waals surface area contributed by atoms with Crippen molar-refractivity contribution in [2.45, 2.75) is 37.8 Å². The smallest absolute Gasteiger partial charge is 0.320 e. The molecule has 0 amide bonds. The van der Waals surface area contributed by atoms with Crippen LogP contribution >= 0.6 is 0 Å². The molecule has 12 heteroatoms. The zero-order valence-corrected chi connectivity index (χ0v) is 17.9. The van der Waals surface area contributed by atoms with Crippen LogP contribution in [-0.4, -0.2) is 56.4 Å². The third-order valence-electron chi connectivity index (χ3n) is 1.97. The Morgan fingerprint density at radius 1 is 0.682 bits per heavy atom. The van der Waals surface area contributed by atoms with Crippen LogP contribution in [0.5, 0.6) is 0 Å². The summed E-state index contributed by atoms with van der Waals surface area (Å²) in [6.45, 7) is 0. The number of aliphatic carboxylic acids is 4. The molecule has 0 unspecified atom stereocenters. The van der Waals surface area contributed by atoms with Crippen LogP contribution < -0.4 is 11.5 Å². The molecule has 0 aliphatic carbocycles. The van der Waals surface area contributed by atoms with Gasteiger partial charge in [-0.25, -0.2) is 0 Å². The first kappa shape index (κ1) is 29.1. The fourth-order valence-corrected chi connectivity index (χ4v) is 0.805. The normalized spacial score (nSPS) is 11.4. The fourth-order valence-electron chi connectivity index (χ4n) is 0.805. The summed E-state index contributed by atoms with van der Waals surface area (Å²) in [5.74, 6) is -4.39. The Morgan fingerprint density at radius 3 is 1.05 bits per heavy atom. The Morgan fingerprint density at radius 2 is 0.909 bits per heavy atom. The van der Waals surface area contributed by atoms with Crippen molar-refractivity contribution in [2.24, 2.45) is 11.5 Å². The molecule has 120 valence electrons. The summed E-state index contributed by atoms with van der Waals surface area (Å²) in [5, 5.41) is 32.5. The van der Waals surface area contributed by atoms with E-state index in [0.29, 0.717) is 0 Å². The Bertz CT molecular complexity index is 333. The van der Waals surface area contributed by atoms with E-state index in [9.17, 15) is 19.2 Å². The Kier molecular flexibility index (Phi) is 21.7. The maximum absolute atomic E-state index is 9.99. The molecule has 0 aliphatic heterocycles. The molecule has 0 radical (unpaired) electrons. The van der Waals surface area contributed by atoms with E-state index in [1.165, 1.54) is 0 Å². The molecule has 0 saturated carbocycles. The van der Waals surface area contributed by atoms with Crippen molar-refractivity contribution in [1.82, 2.24) is 0 Å². The van der Waals surface area contributed by atoms with Crippen molar-refractivity contribution >= 4 is 23.9 Å². The van der Waals surface area contributed by atoms with Crippen LogP contribution in [0.25, 0.3) is 0 Å². The van der Waals surface area contributed by atoms with Gasteiger partial charge < -0.3 is 31.9 Å². The summed E-state index contributed by atoms with van der Waals surface area (Å²) in [6, 6.07) is -2.12. The minimum atomic E-state index is -1.17. The van der Waals surface area contributed by atoms with Gasteiger partial charge in [-0.15, -0.1) is 0 Å². The molecule has 0 bridgehead atoms. The van der Waals surface area contributed by atoms with Crippen LogP contribution in [0.2, 0.25) is 0 Å². The van der Waals surface area contributed by atoms with E-state index in [1.807, 2.05) is 0 Å². The van der Waals surface area contributed by atoms with E-state index < -0.39 is 36.0 Å². The van der Waals surface area contributed by atoms with Crippen molar-refractivity contribution in [3.8, 4) is 0 Å². The molecule has 22 heavy (non-hydrogen) atoms. The second-order valence-electron chi connectivity index (χ2n) is 3.75. The van der Waals surface area contributed by atoms with Gasteiger partial charge in [0, 0.05) is 51.8 Å². The Hall–Kier alpha value is -0.953. The molecular weight excluding hydrogens is 407 g/mol. The van der Waals surface area contributed by atoms with Gasteiger partial charge >= 0.3 is 23.9 Å². The number of rotatable bonds is 8. The van der Waals surface area contributed by atoms with Crippen molar-refractivity contribution in [2.75, 3.05) is 0 Å². The molecule has 0 saturated heterocycles. The van der Waals surface area contributed by atoms with Gasteiger partial charge in [-0.1, -0.05) is 0 Å². The molecule has 0 aromatic rings. The van der Waals surface area contributed by atoms with Gasteiger partial charge in [0.15, 0.2) is 0 Å². The van der Waals surface area contributed by atoms with Gasteiger partial charge in [-0.05, 0) is 12.8 Å².